The van der Waals surface area contributed by atoms with Gasteiger partial charge in [0.25, 0.3) is 0 Å². The molecule has 1 amide bonds. The van der Waals surface area contributed by atoms with E-state index in [1.165, 1.54) is 0 Å². The Morgan fingerprint density at radius 3 is 3.04 bits per heavy atom. The first-order chi connectivity index (χ1) is 13.3. The molecule has 0 fully saturated rings. The lowest BCUT2D eigenvalue weighted by atomic mass is 10.0. The summed E-state index contributed by atoms with van der Waals surface area (Å²) in [6.45, 7) is 1.51. The highest BCUT2D eigenvalue weighted by molar-refractivity contribution is 5.77. The minimum atomic E-state index is 0.134. The molecule has 0 bridgehead atoms. The predicted molar refractivity (Wildman–Crippen MR) is 96.3 cm³/mol. The van der Waals surface area contributed by atoms with Crippen molar-refractivity contribution < 1.29 is 18.7 Å². The van der Waals surface area contributed by atoms with E-state index >= 15 is 0 Å². The highest BCUT2D eigenvalue weighted by Crippen LogP contribution is 2.37. The number of fused-ring (bicyclic) bond motifs is 2. The van der Waals surface area contributed by atoms with Crippen molar-refractivity contribution in [2.75, 3.05) is 13.3 Å². The van der Waals surface area contributed by atoms with Crippen LogP contribution in [-0.4, -0.2) is 34.3 Å². The van der Waals surface area contributed by atoms with Crippen molar-refractivity contribution in [3.05, 3.63) is 53.6 Å². The lowest BCUT2D eigenvalue weighted by molar-refractivity contribution is -0.132. The Morgan fingerprint density at radius 1 is 1.22 bits per heavy atom. The summed E-state index contributed by atoms with van der Waals surface area (Å²) in [5, 5.41) is 7.63. The Bertz CT molecular complexity index is 977. The van der Waals surface area contributed by atoms with Crippen molar-refractivity contribution >= 4 is 5.91 Å². The summed E-state index contributed by atoms with van der Waals surface area (Å²) in [5.74, 6) is 2.45. The number of H-pyrrole nitrogens is 1. The number of benzene rings is 1. The molecule has 0 unspecified atom stereocenters. The zero-order valence-corrected chi connectivity index (χ0v) is 14.7. The van der Waals surface area contributed by atoms with E-state index in [2.05, 4.69) is 10.2 Å². The van der Waals surface area contributed by atoms with E-state index in [9.17, 15) is 4.79 Å². The van der Waals surface area contributed by atoms with E-state index in [0.717, 1.165) is 46.2 Å². The molecule has 0 aliphatic carbocycles. The molecule has 3 aromatic rings. The van der Waals surface area contributed by atoms with Gasteiger partial charge in [0.05, 0.1) is 12.0 Å². The van der Waals surface area contributed by atoms with Crippen LogP contribution in [0, 0.1) is 0 Å². The number of hydrogen-bond donors (Lipinski definition) is 1. The number of nitrogens with one attached hydrogen (secondary N) is 1. The first kappa shape index (κ1) is 16.0. The van der Waals surface area contributed by atoms with Gasteiger partial charge in [-0.15, -0.1) is 0 Å². The summed E-state index contributed by atoms with van der Waals surface area (Å²) in [6.07, 6.45) is 3.48. The summed E-state index contributed by atoms with van der Waals surface area (Å²) in [7, 11) is 0. The Balaban J connectivity index is 1.34. The van der Waals surface area contributed by atoms with Gasteiger partial charge in [-0.3, -0.25) is 9.89 Å². The lowest BCUT2D eigenvalue weighted by Gasteiger charge is -2.27. The topological polar surface area (TPSA) is 80.6 Å². The van der Waals surface area contributed by atoms with Crippen LogP contribution in [0.1, 0.15) is 23.4 Å². The van der Waals surface area contributed by atoms with Crippen molar-refractivity contribution in [1.29, 1.82) is 0 Å². The van der Waals surface area contributed by atoms with Crippen LogP contribution in [-0.2, 0) is 24.2 Å². The number of nitrogens with zero attached hydrogens (tertiary/aromatic N) is 2. The second-order valence-corrected chi connectivity index (χ2v) is 6.74. The van der Waals surface area contributed by atoms with Crippen LogP contribution in [0.25, 0.3) is 11.3 Å². The highest BCUT2D eigenvalue weighted by Gasteiger charge is 2.26. The third-order valence-electron chi connectivity index (χ3n) is 5.10. The summed E-state index contributed by atoms with van der Waals surface area (Å²) in [5.41, 5.74) is 4.00. The molecule has 0 saturated carbocycles. The molecule has 2 aromatic heterocycles. The van der Waals surface area contributed by atoms with Crippen LogP contribution in [0.15, 0.2) is 41.0 Å². The molecule has 1 aromatic carbocycles. The van der Waals surface area contributed by atoms with E-state index in [1.54, 1.807) is 6.26 Å². The molecule has 2 aliphatic heterocycles. The maximum absolute atomic E-state index is 12.6. The van der Waals surface area contributed by atoms with Gasteiger partial charge >= 0.3 is 0 Å². The van der Waals surface area contributed by atoms with Crippen LogP contribution in [0.4, 0.5) is 0 Å². The smallest absolute Gasteiger partial charge is 0.231 e. The highest BCUT2D eigenvalue weighted by atomic mass is 16.7. The molecule has 7 heteroatoms. The SMILES string of the molecule is O=C(CCc1ccco1)N1CCc2[nH]nc(-c3ccc4c(c3)OCO4)c2C1. The van der Waals surface area contributed by atoms with Crippen LogP contribution in [0.3, 0.4) is 0 Å². The molecular weight excluding hydrogens is 346 g/mol. The number of hydrogen-bond acceptors (Lipinski definition) is 5. The van der Waals surface area contributed by atoms with Gasteiger partial charge in [0, 0.05) is 49.2 Å². The second kappa shape index (κ2) is 6.50. The maximum Gasteiger partial charge on any atom is 0.231 e. The normalized spacial score (nSPS) is 15.0. The fourth-order valence-corrected chi connectivity index (χ4v) is 3.63. The van der Waals surface area contributed by atoms with E-state index in [0.29, 0.717) is 25.9 Å². The van der Waals surface area contributed by atoms with Crippen molar-refractivity contribution in [3.8, 4) is 22.8 Å². The maximum atomic E-state index is 12.6. The standard InChI is InChI=1S/C20H19N3O4/c24-19(6-4-14-2-1-9-25-14)23-8-7-16-15(11-23)20(22-21-16)13-3-5-17-18(10-13)27-12-26-17/h1-3,5,9-10H,4,6-8,11-12H2,(H,21,22). The number of furan rings is 1. The number of aromatic amines is 1. The van der Waals surface area contributed by atoms with Gasteiger partial charge in [-0.1, -0.05) is 0 Å². The van der Waals surface area contributed by atoms with Gasteiger partial charge in [0.1, 0.15) is 5.76 Å². The third kappa shape index (κ3) is 2.95. The zero-order valence-electron chi connectivity index (χ0n) is 14.7. The Morgan fingerprint density at radius 2 is 2.15 bits per heavy atom. The fourth-order valence-electron chi connectivity index (χ4n) is 3.63. The summed E-state index contributed by atoms with van der Waals surface area (Å²) >= 11 is 0. The molecule has 5 rings (SSSR count). The molecular formula is C20H19N3O4. The van der Waals surface area contributed by atoms with Gasteiger partial charge in [-0.05, 0) is 30.3 Å². The van der Waals surface area contributed by atoms with Gasteiger partial charge in [-0.25, -0.2) is 0 Å². The molecule has 0 atom stereocenters. The van der Waals surface area contributed by atoms with E-state index in [4.69, 9.17) is 13.9 Å². The molecule has 138 valence electrons. The predicted octanol–water partition coefficient (Wildman–Crippen LogP) is 2.92. The average molecular weight is 365 g/mol. The van der Waals surface area contributed by atoms with Crippen LogP contribution < -0.4 is 9.47 Å². The first-order valence-corrected chi connectivity index (χ1v) is 9.04. The number of amides is 1. The molecule has 0 saturated heterocycles. The Hall–Kier alpha value is -3.22. The third-order valence-corrected chi connectivity index (χ3v) is 5.10. The number of aromatic nitrogens is 2. The van der Waals surface area contributed by atoms with Gasteiger partial charge in [0.15, 0.2) is 11.5 Å². The number of rotatable bonds is 4. The Labute approximate surface area is 155 Å². The van der Waals surface area contributed by atoms with Crippen LogP contribution >= 0.6 is 0 Å². The van der Waals surface area contributed by atoms with Gasteiger partial charge in [-0.2, -0.15) is 5.10 Å². The zero-order chi connectivity index (χ0) is 18.2. The molecule has 4 heterocycles. The van der Waals surface area contributed by atoms with E-state index in [-0.39, 0.29) is 12.7 Å². The number of carbonyl (C=O) groups is 1. The average Bonchev–Trinajstić information content (AvgIpc) is 3.45. The van der Waals surface area contributed by atoms with Crippen LogP contribution in [0.2, 0.25) is 0 Å². The quantitative estimate of drug-likeness (QED) is 0.769. The molecule has 2 aliphatic rings. The van der Waals surface area contributed by atoms with Crippen molar-refractivity contribution in [3.63, 3.8) is 0 Å². The molecule has 1 N–H and O–H groups in total. The first-order valence-electron chi connectivity index (χ1n) is 9.04. The molecule has 27 heavy (non-hydrogen) atoms. The van der Waals surface area contributed by atoms with Crippen molar-refractivity contribution in [2.24, 2.45) is 0 Å². The van der Waals surface area contributed by atoms with Crippen molar-refractivity contribution in [1.82, 2.24) is 15.1 Å². The summed E-state index contributed by atoms with van der Waals surface area (Å²) in [4.78, 5) is 14.5. The number of aryl methyl sites for hydroxylation is 1. The van der Waals surface area contributed by atoms with Crippen molar-refractivity contribution in [2.45, 2.75) is 25.8 Å². The number of carbonyl (C=O) groups excluding carboxylic acids is 1. The Kier molecular flexibility index (Phi) is 3.85. The molecule has 0 radical (unpaired) electrons. The van der Waals surface area contributed by atoms with Gasteiger partial charge < -0.3 is 18.8 Å². The summed E-state index contributed by atoms with van der Waals surface area (Å²) < 4.78 is 16.2. The van der Waals surface area contributed by atoms with E-state index in [1.807, 2.05) is 35.2 Å². The van der Waals surface area contributed by atoms with Crippen LogP contribution in [0.5, 0.6) is 11.5 Å². The fraction of sp³-hybridized carbons (Fsp3) is 0.300. The van der Waals surface area contributed by atoms with E-state index < -0.39 is 0 Å². The minimum Gasteiger partial charge on any atom is -0.469 e. The molecule has 0 spiro atoms. The second-order valence-electron chi connectivity index (χ2n) is 6.74. The summed E-state index contributed by atoms with van der Waals surface area (Å²) in [6, 6.07) is 9.55. The lowest BCUT2D eigenvalue weighted by Crippen LogP contribution is -2.36. The largest absolute Gasteiger partial charge is 0.469 e. The number of ether oxygens (including phenoxy) is 2. The minimum absolute atomic E-state index is 0.134. The van der Waals surface area contributed by atoms with Gasteiger partial charge in [0.2, 0.25) is 12.7 Å². The molecule has 7 nitrogen and oxygen atoms in total. The monoisotopic (exact) mass is 365 g/mol.